The van der Waals surface area contributed by atoms with Gasteiger partial charge in [-0.1, -0.05) is 6.07 Å². The van der Waals surface area contributed by atoms with Crippen LogP contribution in [0.2, 0.25) is 0 Å². The zero-order chi connectivity index (χ0) is 11.0. The number of piperidine rings is 1. The van der Waals surface area contributed by atoms with Crippen molar-refractivity contribution in [1.82, 2.24) is 19.9 Å². The molecule has 1 aliphatic heterocycles. The second kappa shape index (κ2) is 3.87. The number of hydrogen-bond donors (Lipinski definition) is 1. The molecule has 0 aromatic carbocycles. The van der Waals surface area contributed by atoms with Gasteiger partial charge >= 0.3 is 0 Å². The van der Waals surface area contributed by atoms with E-state index in [1.54, 1.807) is 0 Å². The lowest BCUT2D eigenvalue weighted by molar-refractivity contribution is 0.445. The number of aromatic nitrogens is 3. The van der Waals surface area contributed by atoms with E-state index in [1.807, 2.05) is 16.6 Å². The number of pyridine rings is 1. The number of rotatable bonds is 1. The van der Waals surface area contributed by atoms with E-state index in [-0.39, 0.29) is 0 Å². The Kier molecular flexibility index (Phi) is 2.36. The van der Waals surface area contributed by atoms with Crippen LogP contribution in [0.5, 0.6) is 0 Å². The summed E-state index contributed by atoms with van der Waals surface area (Å²) in [6, 6.07) is 6.12. The van der Waals surface area contributed by atoms with Crippen LogP contribution in [0, 0.1) is 6.92 Å². The average molecular weight is 216 g/mol. The first-order valence-corrected chi connectivity index (χ1v) is 5.87. The van der Waals surface area contributed by atoms with Crippen molar-refractivity contribution in [3.05, 3.63) is 29.7 Å². The van der Waals surface area contributed by atoms with E-state index in [1.165, 1.54) is 0 Å². The first kappa shape index (κ1) is 9.78. The summed E-state index contributed by atoms with van der Waals surface area (Å²) in [5, 5.41) is 7.98. The third-order valence-electron chi connectivity index (χ3n) is 3.27. The fraction of sp³-hybridized carbons (Fsp3) is 0.500. The molecule has 0 saturated carbocycles. The summed E-state index contributed by atoms with van der Waals surface area (Å²) in [4.78, 5) is 4.62. The Balaban J connectivity index is 2.01. The summed E-state index contributed by atoms with van der Waals surface area (Å²) in [5.74, 6) is 1.54. The Labute approximate surface area is 94.7 Å². The highest BCUT2D eigenvalue weighted by Crippen LogP contribution is 2.22. The van der Waals surface area contributed by atoms with Gasteiger partial charge in [-0.05, 0) is 45.0 Å². The van der Waals surface area contributed by atoms with Crippen molar-refractivity contribution < 1.29 is 0 Å². The minimum Gasteiger partial charge on any atom is -0.317 e. The van der Waals surface area contributed by atoms with Crippen molar-refractivity contribution in [1.29, 1.82) is 0 Å². The van der Waals surface area contributed by atoms with Gasteiger partial charge in [-0.2, -0.15) is 5.10 Å². The van der Waals surface area contributed by atoms with Gasteiger partial charge in [0.15, 0.2) is 11.5 Å². The molecule has 0 bridgehead atoms. The van der Waals surface area contributed by atoms with Gasteiger partial charge in [0.1, 0.15) is 0 Å². The molecule has 4 heteroatoms. The minimum absolute atomic E-state index is 0.528. The fourth-order valence-corrected chi connectivity index (χ4v) is 2.31. The topological polar surface area (TPSA) is 42.2 Å². The van der Waals surface area contributed by atoms with Crippen molar-refractivity contribution in [3.8, 4) is 0 Å². The van der Waals surface area contributed by atoms with Gasteiger partial charge in [-0.3, -0.25) is 0 Å². The van der Waals surface area contributed by atoms with E-state index >= 15 is 0 Å². The molecule has 2 aromatic heterocycles. The van der Waals surface area contributed by atoms with Gasteiger partial charge < -0.3 is 5.32 Å². The molecule has 16 heavy (non-hydrogen) atoms. The highest BCUT2D eigenvalue weighted by molar-refractivity contribution is 5.39. The monoisotopic (exact) mass is 216 g/mol. The second-order valence-electron chi connectivity index (χ2n) is 4.43. The number of nitrogens with one attached hydrogen (secondary N) is 1. The maximum absolute atomic E-state index is 4.62. The van der Waals surface area contributed by atoms with Crippen molar-refractivity contribution in [2.75, 3.05) is 13.1 Å². The van der Waals surface area contributed by atoms with Gasteiger partial charge in [-0.15, -0.1) is 0 Å². The average Bonchev–Trinajstić information content (AvgIpc) is 2.76. The SMILES string of the molecule is Cc1cccc2nc(C3CCNCC3)nn12. The molecule has 1 aliphatic rings. The molecule has 0 amide bonds. The van der Waals surface area contributed by atoms with Crippen LogP contribution in [-0.2, 0) is 0 Å². The first-order valence-electron chi connectivity index (χ1n) is 5.87. The number of fused-ring (bicyclic) bond motifs is 1. The molecule has 1 fully saturated rings. The molecule has 1 N–H and O–H groups in total. The summed E-state index contributed by atoms with van der Waals surface area (Å²) >= 11 is 0. The van der Waals surface area contributed by atoms with Gasteiger partial charge in [-0.25, -0.2) is 9.50 Å². The first-order chi connectivity index (χ1) is 7.84. The molecule has 3 heterocycles. The van der Waals surface area contributed by atoms with Crippen molar-refractivity contribution >= 4 is 5.65 Å². The van der Waals surface area contributed by atoms with Gasteiger partial charge in [0, 0.05) is 11.6 Å². The zero-order valence-corrected chi connectivity index (χ0v) is 9.48. The normalized spacial score (nSPS) is 18.1. The van der Waals surface area contributed by atoms with Crippen LogP contribution in [0.3, 0.4) is 0 Å². The van der Waals surface area contributed by atoms with Crippen LogP contribution in [-0.4, -0.2) is 27.7 Å². The third-order valence-corrected chi connectivity index (χ3v) is 3.27. The molecule has 0 unspecified atom stereocenters. The summed E-state index contributed by atoms with van der Waals surface area (Å²) < 4.78 is 1.94. The molecule has 84 valence electrons. The van der Waals surface area contributed by atoms with E-state index in [2.05, 4.69) is 28.4 Å². The molecule has 0 spiro atoms. The lowest BCUT2D eigenvalue weighted by atomic mass is 9.98. The Hall–Kier alpha value is -1.42. The molecule has 1 saturated heterocycles. The van der Waals surface area contributed by atoms with Crippen LogP contribution >= 0.6 is 0 Å². The summed E-state index contributed by atoms with van der Waals surface area (Å²) in [6.07, 6.45) is 2.30. The van der Waals surface area contributed by atoms with Gasteiger partial charge in [0.2, 0.25) is 0 Å². The van der Waals surface area contributed by atoms with Gasteiger partial charge in [0.25, 0.3) is 0 Å². The predicted octanol–water partition coefficient (Wildman–Crippen LogP) is 1.50. The smallest absolute Gasteiger partial charge is 0.155 e. The van der Waals surface area contributed by atoms with Crippen LogP contribution < -0.4 is 5.32 Å². The molecule has 2 aromatic rings. The molecule has 0 radical (unpaired) electrons. The van der Waals surface area contributed by atoms with Crippen molar-refractivity contribution in [3.63, 3.8) is 0 Å². The van der Waals surface area contributed by atoms with E-state index in [4.69, 9.17) is 0 Å². The van der Waals surface area contributed by atoms with E-state index in [9.17, 15) is 0 Å². The fourth-order valence-electron chi connectivity index (χ4n) is 2.31. The Morgan fingerprint density at radius 2 is 2.12 bits per heavy atom. The highest BCUT2D eigenvalue weighted by Gasteiger charge is 2.19. The Bertz CT molecular complexity index is 497. The van der Waals surface area contributed by atoms with Crippen molar-refractivity contribution in [2.45, 2.75) is 25.7 Å². The number of nitrogens with zero attached hydrogens (tertiary/aromatic N) is 3. The molecule has 0 aliphatic carbocycles. The highest BCUT2D eigenvalue weighted by atomic mass is 15.3. The lowest BCUT2D eigenvalue weighted by Gasteiger charge is -2.19. The lowest BCUT2D eigenvalue weighted by Crippen LogP contribution is -2.27. The molecular formula is C12H16N4. The summed E-state index contributed by atoms with van der Waals surface area (Å²) in [7, 11) is 0. The predicted molar refractivity (Wildman–Crippen MR) is 62.6 cm³/mol. The van der Waals surface area contributed by atoms with Crippen LogP contribution in [0.15, 0.2) is 18.2 Å². The van der Waals surface area contributed by atoms with Gasteiger partial charge in [0.05, 0.1) is 0 Å². The van der Waals surface area contributed by atoms with E-state index in [0.717, 1.165) is 43.1 Å². The number of hydrogen-bond acceptors (Lipinski definition) is 3. The maximum atomic E-state index is 4.62. The Morgan fingerprint density at radius 1 is 1.31 bits per heavy atom. The minimum atomic E-state index is 0.528. The standard InChI is InChI=1S/C12H16N4/c1-9-3-2-4-11-14-12(15-16(9)11)10-5-7-13-8-6-10/h2-4,10,13H,5-8H2,1H3. The maximum Gasteiger partial charge on any atom is 0.155 e. The molecule has 4 nitrogen and oxygen atoms in total. The zero-order valence-electron chi connectivity index (χ0n) is 9.48. The van der Waals surface area contributed by atoms with Crippen LogP contribution in [0.1, 0.15) is 30.3 Å². The van der Waals surface area contributed by atoms with Crippen LogP contribution in [0.4, 0.5) is 0 Å². The second-order valence-corrected chi connectivity index (χ2v) is 4.43. The number of aryl methyl sites for hydroxylation is 1. The summed E-state index contributed by atoms with van der Waals surface area (Å²) in [6.45, 7) is 4.23. The molecular weight excluding hydrogens is 200 g/mol. The molecule has 3 rings (SSSR count). The summed E-state index contributed by atoms with van der Waals surface area (Å²) in [5.41, 5.74) is 2.11. The van der Waals surface area contributed by atoms with E-state index in [0.29, 0.717) is 5.92 Å². The quantitative estimate of drug-likeness (QED) is 0.785. The van der Waals surface area contributed by atoms with Crippen molar-refractivity contribution in [2.24, 2.45) is 0 Å². The third kappa shape index (κ3) is 1.59. The Morgan fingerprint density at radius 3 is 2.88 bits per heavy atom. The molecule has 0 atom stereocenters. The van der Waals surface area contributed by atoms with E-state index < -0.39 is 0 Å². The van der Waals surface area contributed by atoms with Crippen LogP contribution in [0.25, 0.3) is 5.65 Å². The largest absolute Gasteiger partial charge is 0.317 e.